The van der Waals surface area contributed by atoms with Gasteiger partial charge < -0.3 is 5.32 Å². The average molecular weight is 385 g/mol. The van der Waals surface area contributed by atoms with Crippen LogP contribution >= 0.6 is 50.2 Å². The number of nitrogens with one attached hydrogen (secondary N) is 1. The van der Waals surface area contributed by atoms with Gasteiger partial charge in [-0.2, -0.15) is 0 Å². The first-order valence-electron chi connectivity index (χ1n) is 6.03. The molecule has 1 aromatic carbocycles. The lowest BCUT2D eigenvalue weighted by Gasteiger charge is -2.17. The van der Waals surface area contributed by atoms with E-state index in [2.05, 4.69) is 57.0 Å². The van der Waals surface area contributed by atoms with Crippen LogP contribution in [0.15, 0.2) is 58.4 Å². The smallest absolute Gasteiger partial charge is 0.0954 e. The summed E-state index contributed by atoms with van der Waals surface area (Å²) in [4.78, 5) is 2.51. The highest BCUT2D eigenvalue weighted by Gasteiger charge is 2.17. The van der Waals surface area contributed by atoms with Crippen molar-refractivity contribution in [3.63, 3.8) is 0 Å². The Hall–Kier alpha value is -0.810. The summed E-state index contributed by atoms with van der Waals surface area (Å²) < 4.78 is 1.90. The Morgan fingerprint density at radius 3 is 2.40 bits per heavy atom. The van der Waals surface area contributed by atoms with Crippen LogP contribution in [-0.4, -0.2) is 0 Å². The standard InChI is InChI=1S/C15H11BrClNS2/c16-10-3-5-11(6-4-10)18-15(12-2-1-9-19-12)13-7-8-14(17)20-13/h1-9,15,18H. The molecular weight excluding hydrogens is 374 g/mol. The maximum Gasteiger partial charge on any atom is 0.0954 e. The largest absolute Gasteiger partial charge is 0.373 e. The summed E-state index contributed by atoms with van der Waals surface area (Å²) >= 11 is 12.9. The summed E-state index contributed by atoms with van der Waals surface area (Å²) in [6.45, 7) is 0. The summed E-state index contributed by atoms with van der Waals surface area (Å²) in [5.74, 6) is 0. The van der Waals surface area contributed by atoms with Crippen molar-refractivity contribution in [2.75, 3.05) is 5.32 Å². The van der Waals surface area contributed by atoms with Crippen LogP contribution in [0.25, 0.3) is 0 Å². The lowest BCUT2D eigenvalue weighted by atomic mass is 10.2. The summed E-state index contributed by atoms with van der Waals surface area (Å²) in [5.41, 5.74) is 1.09. The summed E-state index contributed by atoms with van der Waals surface area (Å²) in [7, 11) is 0. The zero-order valence-corrected chi connectivity index (χ0v) is 14.3. The average Bonchev–Trinajstić information content (AvgIpc) is 3.09. The van der Waals surface area contributed by atoms with Crippen LogP contribution in [0.3, 0.4) is 0 Å². The van der Waals surface area contributed by atoms with Gasteiger partial charge in [0, 0.05) is 19.9 Å². The van der Waals surface area contributed by atoms with E-state index in [0.717, 1.165) is 14.5 Å². The van der Waals surface area contributed by atoms with Crippen molar-refractivity contribution in [2.45, 2.75) is 6.04 Å². The number of hydrogen-bond acceptors (Lipinski definition) is 3. The fourth-order valence-corrected chi connectivity index (χ4v) is 4.20. The minimum atomic E-state index is 0.147. The molecule has 1 unspecified atom stereocenters. The highest BCUT2D eigenvalue weighted by atomic mass is 79.9. The van der Waals surface area contributed by atoms with E-state index in [0.29, 0.717) is 0 Å². The maximum absolute atomic E-state index is 6.08. The van der Waals surface area contributed by atoms with Crippen LogP contribution < -0.4 is 5.32 Å². The highest BCUT2D eigenvalue weighted by Crippen LogP contribution is 2.35. The minimum absolute atomic E-state index is 0.147. The maximum atomic E-state index is 6.08. The topological polar surface area (TPSA) is 12.0 Å². The van der Waals surface area contributed by atoms with E-state index < -0.39 is 0 Å². The van der Waals surface area contributed by atoms with Gasteiger partial charge in [-0.3, -0.25) is 0 Å². The van der Waals surface area contributed by atoms with Crippen molar-refractivity contribution in [1.82, 2.24) is 0 Å². The number of rotatable bonds is 4. The summed E-state index contributed by atoms with van der Waals surface area (Å²) in [6.07, 6.45) is 0. The molecule has 0 bridgehead atoms. The molecule has 3 aromatic rings. The van der Waals surface area contributed by atoms with E-state index in [1.54, 1.807) is 22.7 Å². The Morgan fingerprint density at radius 2 is 1.80 bits per heavy atom. The molecule has 1 atom stereocenters. The van der Waals surface area contributed by atoms with Gasteiger partial charge in [0.25, 0.3) is 0 Å². The predicted molar refractivity (Wildman–Crippen MR) is 93.3 cm³/mol. The summed E-state index contributed by atoms with van der Waals surface area (Å²) in [6, 6.07) is 16.6. The van der Waals surface area contributed by atoms with Crippen molar-refractivity contribution in [1.29, 1.82) is 0 Å². The first-order valence-corrected chi connectivity index (χ1v) is 8.90. The third kappa shape index (κ3) is 3.26. The van der Waals surface area contributed by atoms with Gasteiger partial charge in [0.05, 0.1) is 10.4 Å². The van der Waals surface area contributed by atoms with E-state index in [9.17, 15) is 0 Å². The van der Waals surface area contributed by atoms with Crippen molar-refractivity contribution in [2.24, 2.45) is 0 Å². The molecule has 0 aliphatic carbocycles. The van der Waals surface area contributed by atoms with Gasteiger partial charge in [0.15, 0.2) is 0 Å². The number of thiophene rings is 2. The van der Waals surface area contributed by atoms with Crippen molar-refractivity contribution >= 4 is 55.9 Å². The van der Waals surface area contributed by atoms with Gasteiger partial charge in [-0.05, 0) is 47.8 Å². The molecule has 0 aliphatic rings. The SMILES string of the molecule is Clc1ccc(C(Nc2ccc(Br)cc2)c2cccs2)s1. The Bertz CT molecular complexity index is 676. The number of benzene rings is 1. The van der Waals surface area contributed by atoms with Crippen LogP contribution in [0, 0.1) is 0 Å². The van der Waals surface area contributed by atoms with Gasteiger partial charge in [0.2, 0.25) is 0 Å². The van der Waals surface area contributed by atoms with Crippen molar-refractivity contribution in [3.05, 3.63) is 72.5 Å². The zero-order chi connectivity index (χ0) is 13.9. The fourth-order valence-electron chi connectivity index (χ4n) is 1.93. The van der Waals surface area contributed by atoms with E-state index in [4.69, 9.17) is 11.6 Å². The molecule has 0 fully saturated rings. The van der Waals surface area contributed by atoms with Crippen molar-refractivity contribution < 1.29 is 0 Å². The van der Waals surface area contributed by atoms with Gasteiger partial charge in [-0.25, -0.2) is 0 Å². The van der Waals surface area contributed by atoms with Gasteiger partial charge in [0.1, 0.15) is 0 Å². The second-order valence-corrected chi connectivity index (χ2v) is 7.88. The third-order valence-electron chi connectivity index (χ3n) is 2.86. The summed E-state index contributed by atoms with van der Waals surface area (Å²) in [5, 5.41) is 5.68. The second-order valence-electron chi connectivity index (χ2n) is 4.24. The normalized spacial score (nSPS) is 12.3. The van der Waals surface area contributed by atoms with E-state index in [-0.39, 0.29) is 6.04 Å². The molecule has 1 N–H and O–H groups in total. The molecule has 1 nitrogen and oxygen atoms in total. The molecule has 0 amide bonds. The van der Waals surface area contributed by atoms with Gasteiger partial charge >= 0.3 is 0 Å². The second kappa shape index (κ2) is 6.31. The molecular formula is C15H11BrClNS2. The van der Waals surface area contributed by atoms with Crippen molar-refractivity contribution in [3.8, 4) is 0 Å². The quantitative estimate of drug-likeness (QED) is 0.546. The lowest BCUT2D eigenvalue weighted by Crippen LogP contribution is -2.09. The Morgan fingerprint density at radius 1 is 1.00 bits per heavy atom. The third-order valence-corrected chi connectivity index (χ3v) is 5.62. The molecule has 20 heavy (non-hydrogen) atoms. The molecule has 2 aromatic heterocycles. The molecule has 0 spiro atoms. The first-order chi connectivity index (χ1) is 9.72. The van der Waals surface area contributed by atoms with Crippen LogP contribution in [0.5, 0.6) is 0 Å². The Balaban J connectivity index is 1.92. The Kier molecular flexibility index (Phi) is 4.46. The van der Waals surface area contributed by atoms with E-state index in [1.807, 2.05) is 18.2 Å². The molecule has 0 radical (unpaired) electrons. The number of halogens is 2. The molecule has 3 rings (SSSR count). The molecule has 102 valence electrons. The van der Waals surface area contributed by atoms with Gasteiger partial charge in [-0.1, -0.05) is 33.6 Å². The van der Waals surface area contributed by atoms with Crippen LogP contribution in [0.1, 0.15) is 15.8 Å². The monoisotopic (exact) mass is 383 g/mol. The number of hydrogen-bond donors (Lipinski definition) is 1. The fraction of sp³-hybridized carbons (Fsp3) is 0.0667. The van der Waals surface area contributed by atoms with E-state index >= 15 is 0 Å². The molecule has 2 heterocycles. The minimum Gasteiger partial charge on any atom is -0.373 e. The zero-order valence-electron chi connectivity index (χ0n) is 10.3. The molecule has 0 saturated heterocycles. The lowest BCUT2D eigenvalue weighted by molar-refractivity contribution is 0.993. The van der Waals surface area contributed by atoms with Gasteiger partial charge in [-0.15, -0.1) is 22.7 Å². The first kappa shape index (κ1) is 14.1. The highest BCUT2D eigenvalue weighted by molar-refractivity contribution is 9.10. The van der Waals surface area contributed by atoms with Crippen LogP contribution in [0.4, 0.5) is 5.69 Å². The van der Waals surface area contributed by atoms with Crippen LogP contribution in [0.2, 0.25) is 4.34 Å². The Labute approximate surface area is 139 Å². The molecule has 5 heteroatoms. The molecule has 0 aliphatic heterocycles. The predicted octanol–water partition coefficient (Wildman–Crippen LogP) is 6.43. The number of anilines is 1. The van der Waals surface area contributed by atoms with Crippen LogP contribution in [-0.2, 0) is 0 Å². The molecule has 0 saturated carbocycles. The van der Waals surface area contributed by atoms with E-state index in [1.165, 1.54) is 9.75 Å².